The van der Waals surface area contributed by atoms with E-state index >= 15 is 0 Å². The van der Waals surface area contributed by atoms with Gasteiger partial charge in [-0.15, -0.1) is 0 Å². The van der Waals surface area contributed by atoms with Crippen molar-refractivity contribution in [3.63, 3.8) is 0 Å². The second kappa shape index (κ2) is 6.22. The van der Waals surface area contributed by atoms with Gasteiger partial charge in [0.15, 0.2) is 0 Å². The van der Waals surface area contributed by atoms with Crippen molar-refractivity contribution in [2.45, 2.75) is 25.8 Å². The monoisotopic (exact) mass is 225 g/mol. The van der Waals surface area contributed by atoms with Crippen LogP contribution in [-0.2, 0) is 6.42 Å². The molecule has 0 heterocycles. The summed E-state index contributed by atoms with van der Waals surface area (Å²) in [6.45, 7) is 2.95. The summed E-state index contributed by atoms with van der Waals surface area (Å²) in [5.41, 5.74) is 6.83. The largest absolute Gasteiger partial charge is 0.330 e. The van der Waals surface area contributed by atoms with Crippen molar-refractivity contribution in [3.8, 4) is 0 Å². The van der Waals surface area contributed by atoms with Crippen LogP contribution in [-0.4, -0.2) is 16.1 Å². The molecule has 0 aliphatic carbocycles. The Hall–Kier alpha value is -0.313. The van der Waals surface area contributed by atoms with Crippen molar-refractivity contribution < 1.29 is 0 Å². The number of rotatable bonds is 5. The molecule has 1 nitrogen and oxygen atoms in total. The van der Waals surface area contributed by atoms with E-state index in [1.165, 1.54) is 17.2 Å². The molecule has 2 N–H and O–H groups in total. The van der Waals surface area contributed by atoms with Gasteiger partial charge >= 0.3 is 0 Å². The lowest BCUT2D eigenvalue weighted by Crippen LogP contribution is -2.12. The van der Waals surface area contributed by atoms with Gasteiger partial charge in [0.1, 0.15) is 0 Å². The molecule has 2 radical (unpaired) electrons. The average molecular weight is 226 g/mol. The molecule has 0 saturated carbocycles. The molecular formula is C11H16ClNSi. The fourth-order valence-electron chi connectivity index (χ4n) is 1.39. The molecular weight excluding hydrogens is 210 g/mol. The molecule has 14 heavy (non-hydrogen) atoms. The maximum absolute atomic E-state index is 6.04. The SMILES string of the molecule is C[Si]c1cc(CCCCN)ccc1Cl. The second-order valence-electron chi connectivity index (χ2n) is 3.31. The molecule has 0 aliphatic heterocycles. The molecule has 0 saturated heterocycles. The van der Waals surface area contributed by atoms with E-state index in [0.717, 1.165) is 33.9 Å². The minimum atomic E-state index is 0.774. The average Bonchev–Trinajstić information content (AvgIpc) is 2.21. The summed E-state index contributed by atoms with van der Waals surface area (Å²) >= 11 is 6.04. The lowest BCUT2D eigenvalue weighted by Gasteiger charge is -2.05. The molecule has 0 unspecified atom stereocenters. The van der Waals surface area contributed by atoms with Crippen molar-refractivity contribution in [3.05, 3.63) is 28.8 Å². The molecule has 1 aromatic carbocycles. The van der Waals surface area contributed by atoms with Crippen LogP contribution in [0.15, 0.2) is 18.2 Å². The Kier molecular flexibility index (Phi) is 5.23. The zero-order valence-corrected chi connectivity index (χ0v) is 10.3. The minimum absolute atomic E-state index is 0.774. The van der Waals surface area contributed by atoms with Gasteiger partial charge in [-0.05, 0) is 42.6 Å². The molecule has 1 aromatic rings. The zero-order chi connectivity index (χ0) is 10.4. The molecule has 76 valence electrons. The van der Waals surface area contributed by atoms with Crippen LogP contribution in [0.25, 0.3) is 0 Å². The predicted molar refractivity (Wildman–Crippen MR) is 64.7 cm³/mol. The van der Waals surface area contributed by atoms with Crippen LogP contribution in [0, 0.1) is 0 Å². The van der Waals surface area contributed by atoms with Crippen molar-refractivity contribution in [2.24, 2.45) is 5.73 Å². The van der Waals surface area contributed by atoms with E-state index in [1.807, 2.05) is 6.07 Å². The van der Waals surface area contributed by atoms with Crippen LogP contribution in [0.4, 0.5) is 0 Å². The molecule has 3 heteroatoms. The van der Waals surface area contributed by atoms with Crippen LogP contribution < -0.4 is 10.9 Å². The quantitative estimate of drug-likeness (QED) is 0.602. The zero-order valence-electron chi connectivity index (χ0n) is 8.52. The Labute approximate surface area is 93.5 Å². The Morgan fingerprint density at radius 1 is 1.36 bits per heavy atom. The van der Waals surface area contributed by atoms with E-state index in [1.54, 1.807) is 0 Å². The normalized spacial score (nSPS) is 10.5. The molecule has 0 aromatic heterocycles. The third-order valence-electron chi connectivity index (χ3n) is 2.22. The summed E-state index contributed by atoms with van der Waals surface area (Å²) in [4.78, 5) is 0. The maximum Gasteiger partial charge on any atom is 0.0794 e. The van der Waals surface area contributed by atoms with Gasteiger partial charge in [-0.2, -0.15) is 0 Å². The van der Waals surface area contributed by atoms with Crippen LogP contribution in [0.5, 0.6) is 0 Å². The first-order valence-electron chi connectivity index (χ1n) is 4.94. The van der Waals surface area contributed by atoms with E-state index in [2.05, 4.69) is 18.7 Å². The first-order chi connectivity index (χ1) is 6.77. The summed E-state index contributed by atoms with van der Waals surface area (Å²) in [5.74, 6) is 0. The van der Waals surface area contributed by atoms with Crippen LogP contribution in [0.3, 0.4) is 0 Å². The van der Waals surface area contributed by atoms with Gasteiger partial charge in [-0.25, -0.2) is 0 Å². The van der Waals surface area contributed by atoms with Gasteiger partial charge in [0, 0.05) is 5.02 Å². The summed E-state index contributed by atoms with van der Waals surface area (Å²) in [7, 11) is 0.774. The highest BCUT2D eigenvalue weighted by Crippen LogP contribution is 2.09. The molecule has 0 spiro atoms. The standard InChI is InChI=1S/C11H16ClNSi/c1-14-11-8-9(4-2-3-7-13)5-6-10(11)12/h5-6,8H,2-4,7,13H2,1H3. The van der Waals surface area contributed by atoms with Gasteiger partial charge in [0.2, 0.25) is 0 Å². The third-order valence-corrected chi connectivity index (χ3v) is 3.66. The van der Waals surface area contributed by atoms with Gasteiger partial charge in [0.25, 0.3) is 0 Å². The number of hydrogen-bond donors (Lipinski definition) is 1. The fourth-order valence-corrected chi connectivity index (χ4v) is 2.45. The summed E-state index contributed by atoms with van der Waals surface area (Å²) in [5, 5.41) is 2.17. The van der Waals surface area contributed by atoms with E-state index in [4.69, 9.17) is 17.3 Å². The molecule has 0 fully saturated rings. The van der Waals surface area contributed by atoms with E-state index < -0.39 is 0 Å². The number of aryl methyl sites for hydroxylation is 1. The lowest BCUT2D eigenvalue weighted by atomic mass is 10.1. The second-order valence-corrected chi connectivity index (χ2v) is 4.76. The molecule has 0 amide bonds. The Bertz CT molecular complexity index is 289. The Balaban J connectivity index is 2.60. The minimum Gasteiger partial charge on any atom is -0.330 e. The summed E-state index contributed by atoms with van der Waals surface area (Å²) in [6, 6.07) is 6.34. The van der Waals surface area contributed by atoms with E-state index in [9.17, 15) is 0 Å². The van der Waals surface area contributed by atoms with E-state index in [0.29, 0.717) is 0 Å². The van der Waals surface area contributed by atoms with Crippen molar-refractivity contribution in [1.82, 2.24) is 0 Å². The fraction of sp³-hybridized carbons (Fsp3) is 0.455. The number of halogens is 1. The maximum atomic E-state index is 6.04. The number of nitrogens with two attached hydrogens (primary N) is 1. The first kappa shape index (κ1) is 11.8. The van der Waals surface area contributed by atoms with Crippen molar-refractivity contribution in [2.75, 3.05) is 6.54 Å². The number of unbranched alkanes of at least 4 members (excludes halogenated alkanes) is 1. The molecule has 0 bridgehead atoms. The highest BCUT2D eigenvalue weighted by atomic mass is 35.5. The Morgan fingerprint density at radius 3 is 2.79 bits per heavy atom. The highest BCUT2D eigenvalue weighted by Gasteiger charge is 2.00. The number of benzene rings is 1. The predicted octanol–water partition coefficient (Wildman–Crippen LogP) is 2.00. The highest BCUT2D eigenvalue weighted by molar-refractivity contribution is 6.57. The topological polar surface area (TPSA) is 26.0 Å². The van der Waals surface area contributed by atoms with Gasteiger partial charge in [-0.3, -0.25) is 0 Å². The Morgan fingerprint density at radius 2 is 2.14 bits per heavy atom. The first-order valence-corrected chi connectivity index (χ1v) is 6.82. The smallest absolute Gasteiger partial charge is 0.0794 e. The van der Waals surface area contributed by atoms with Crippen LogP contribution >= 0.6 is 11.6 Å². The summed E-state index contributed by atoms with van der Waals surface area (Å²) in [6.07, 6.45) is 3.39. The van der Waals surface area contributed by atoms with Crippen molar-refractivity contribution in [1.29, 1.82) is 0 Å². The molecule has 1 rings (SSSR count). The van der Waals surface area contributed by atoms with Crippen LogP contribution in [0.2, 0.25) is 11.6 Å². The van der Waals surface area contributed by atoms with Gasteiger partial charge < -0.3 is 5.73 Å². The molecule has 0 atom stereocenters. The van der Waals surface area contributed by atoms with Gasteiger partial charge in [0.05, 0.1) is 9.52 Å². The van der Waals surface area contributed by atoms with Gasteiger partial charge in [-0.1, -0.05) is 30.3 Å². The summed E-state index contributed by atoms with van der Waals surface area (Å²) < 4.78 is 0. The lowest BCUT2D eigenvalue weighted by molar-refractivity contribution is 0.745. The third kappa shape index (κ3) is 3.44. The van der Waals surface area contributed by atoms with Crippen molar-refractivity contribution >= 4 is 26.3 Å². The molecule has 0 aliphatic rings. The number of hydrogen-bond acceptors (Lipinski definition) is 1. The van der Waals surface area contributed by atoms with E-state index in [-0.39, 0.29) is 0 Å². The van der Waals surface area contributed by atoms with Crippen LogP contribution in [0.1, 0.15) is 18.4 Å².